The summed E-state index contributed by atoms with van der Waals surface area (Å²) < 4.78 is 5.31. The summed E-state index contributed by atoms with van der Waals surface area (Å²) in [7, 11) is 1.48. The van der Waals surface area contributed by atoms with Gasteiger partial charge in [0.15, 0.2) is 6.61 Å². The Morgan fingerprint density at radius 2 is 1.93 bits per heavy atom. The van der Waals surface area contributed by atoms with Gasteiger partial charge in [-0.2, -0.15) is 0 Å². The van der Waals surface area contributed by atoms with Crippen molar-refractivity contribution in [1.29, 1.82) is 0 Å². The van der Waals surface area contributed by atoms with E-state index in [4.69, 9.17) is 16.3 Å². The number of hydrogen-bond acceptors (Lipinski definition) is 5. The lowest BCUT2D eigenvalue weighted by Gasteiger charge is -2.18. The Morgan fingerprint density at radius 3 is 2.57 bits per heavy atom. The van der Waals surface area contributed by atoms with Gasteiger partial charge in [-0.1, -0.05) is 23.7 Å². The van der Waals surface area contributed by atoms with Gasteiger partial charge in [0.2, 0.25) is 5.91 Å². The first-order valence-corrected chi connectivity index (χ1v) is 8.73. The zero-order valence-corrected chi connectivity index (χ0v) is 16.4. The Hall–Kier alpha value is -3.13. The van der Waals surface area contributed by atoms with E-state index in [1.807, 2.05) is 32.0 Å². The normalized spacial score (nSPS) is 10.3. The number of anilines is 1. The fourth-order valence-electron chi connectivity index (χ4n) is 2.33. The van der Waals surface area contributed by atoms with E-state index in [1.165, 1.54) is 24.1 Å². The average molecular weight is 406 g/mol. The van der Waals surface area contributed by atoms with Gasteiger partial charge in [0.1, 0.15) is 5.75 Å². The minimum Gasteiger partial charge on any atom is -0.482 e. The third kappa shape index (κ3) is 5.68. The predicted molar refractivity (Wildman–Crippen MR) is 106 cm³/mol. The number of nitrogens with one attached hydrogen (secondary N) is 1. The molecule has 0 aliphatic heterocycles. The smallest absolute Gasteiger partial charge is 0.271 e. The Bertz CT molecular complexity index is 916. The molecule has 0 spiro atoms. The van der Waals surface area contributed by atoms with Crippen LogP contribution in [0, 0.1) is 24.0 Å². The van der Waals surface area contributed by atoms with Crippen molar-refractivity contribution in [3.05, 3.63) is 62.7 Å². The van der Waals surface area contributed by atoms with Gasteiger partial charge in [0.25, 0.3) is 11.6 Å². The maximum Gasteiger partial charge on any atom is 0.271 e. The summed E-state index contributed by atoms with van der Waals surface area (Å²) in [5.74, 6) is -0.627. The summed E-state index contributed by atoms with van der Waals surface area (Å²) in [6.45, 7) is 3.30. The van der Waals surface area contributed by atoms with Crippen molar-refractivity contribution < 1.29 is 19.2 Å². The zero-order valence-electron chi connectivity index (χ0n) is 15.7. The standard InChI is InChI=1S/C19H20ClN3O5/c1-12-4-5-13(2)16(8-12)21-18(24)10-22(3)19(25)11-28-17-7-6-14(23(26)27)9-15(17)20/h4-9H,10-11H2,1-3H3,(H,21,24). The summed E-state index contributed by atoms with van der Waals surface area (Å²) in [6.07, 6.45) is 0. The molecule has 2 rings (SSSR count). The molecular formula is C19H20ClN3O5. The summed E-state index contributed by atoms with van der Waals surface area (Å²) in [4.78, 5) is 35.7. The molecule has 0 atom stereocenters. The van der Waals surface area contributed by atoms with E-state index in [0.29, 0.717) is 5.69 Å². The molecule has 2 aromatic rings. The van der Waals surface area contributed by atoms with Crippen LogP contribution in [0.15, 0.2) is 36.4 Å². The quantitative estimate of drug-likeness (QED) is 0.562. The van der Waals surface area contributed by atoms with E-state index in [1.54, 1.807) is 0 Å². The van der Waals surface area contributed by atoms with Crippen molar-refractivity contribution in [3.63, 3.8) is 0 Å². The van der Waals surface area contributed by atoms with Gasteiger partial charge in [-0.05, 0) is 37.1 Å². The third-order valence-electron chi connectivity index (χ3n) is 3.95. The Kier molecular flexibility index (Phi) is 6.94. The predicted octanol–water partition coefficient (Wildman–Crippen LogP) is 3.34. The molecule has 0 aliphatic rings. The molecular weight excluding hydrogens is 386 g/mol. The Balaban J connectivity index is 1.89. The van der Waals surface area contributed by atoms with Crippen molar-refractivity contribution in [2.75, 3.05) is 25.5 Å². The Morgan fingerprint density at radius 1 is 1.21 bits per heavy atom. The molecule has 0 unspecified atom stereocenters. The second kappa shape index (κ2) is 9.18. The zero-order chi connectivity index (χ0) is 20.8. The highest BCUT2D eigenvalue weighted by Crippen LogP contribution is 2.28. The number of amides is 2. The Labute approximate surface area is 167 Å². The number of rotatable bonds is 7. The van der Waals surface area contributed by atoms with Gasteiger partial charge in [-0.15, -0.1) is 0 Å². The minimum absolute atomic E-state index is 0.0253. The largest absolute Gasteiger partial charge is 0.482 e. The van der Waals surface area contributed by atoms with Gasteiger partial charge in [-0.3, -0.25) is 19.7 Å². The third-order valence-corrected chi connectivity index (χ3v) is 4.25. The number of benzene rings is 2. The maximum atomic E-state index is 12.2. The number of hydrogen-bond donors (Lipinski definition) is 1. The number of non-ortho nitro benzene ring substituents is 1. The average Bonchev–Trinajstić information content (AvgIpc) is 2.63. The molecule has 0 radical (unpaired) electrons. The molecule has 0 bridgehead atoms. The van der Waals surface area contributed by atoms with Crippen LogP contribution in [0.4, 0.5) is 11.4 Å². The number of halogens is 1. The van der Waals surface area contributed by atoms with Crippen molar-refractivity contribution in [2.24, 2.45) is 0 Å². The van der Waals surface area contributed by atoms with E-state index >= 15 is 0 Å². The summed E-state index contributed by atoms with van der Waals surface area (Å²) >= 11 is 5.92. The van der Waals surface area contributed by atoms with Crippen LogP contribution in [0.25, 0.3) is 0 Å². The van der Waals surface area contributed by atoms with E-state index in [2.05, 4.69) is 5.32 Å². The molecule has 0 fully saturated rings. The molecule has 148 valence electrons. The second-order valence-corrected chi connectivity index (χ2v) is 6.68. The fraction of sp³-hybridized carbons (Fsp3) is 0.263. The SMILES string of the molecule is Cc1ccc(C)c(NC(=O)CN(C)C(=O)COc2ccc([N+](=O)[O-])cc2Cl)c1. The van der Waals surface area contributed by atoms with E-state index in [-0.39, 0.29) is 35.5 Å². The van der Waals surface area contributed by atoms with Crippen molar-refractivity contribution >= 4 is 34.8 Å². The first kappa shape index (κ1) is 21.2. The highest BCUT2D eigenvalue weighted by atomic mass is 35.5. The molecule has 0 saturated heterocycles. The van der Waals surface area contributed by atoms with Gasteiger partial charge in [-0.25, -0.2) is 0 Å². The highest BCUT2D eigenvalue weighted by molar-refractivity contribution is 6.32. The molecule has 0 saturated carbocycles. The lowest BCUT2D eigenvalue weighted by atomic mass is 10.1. The lowest BCUT2D eigenvalue weighted by Crippen LogP contribution is -2.37. The molecule has 9 heteroatoms. The molecule has 0 heterocycles. The number of nitrogens with zero attached hydrogens (tertiary/aromatic N) is 2. The number of likely N-dealkylation sites (N-methyl/N-ethyl adjacent to an activating group) is 1. The number of carbonyl (C=O) groups excluding carboxylic acids is 2. The maximum absolute atomic E-state index is 12.2. The molecule has 2 amide bonds. The number of ether oxygens (including phenoxy) is 1. The topological polar surface area (TPSA) is 102 Å². The summed E-state index contributed by atoms with van der Waals surface area (Å²) in [5.41, 5.74) is 2.45. The van der Waals surface area contributed by atoms with Crippen LogP contribution in [0.1, 0.15) is 11.1 Å². The molecule has 2 aromatic carbocycles. The first-order chi connectivity index (χ1) is 13.2. The fourth-order valence-corrected chi connectivity index (χ4v) is 2.56. The number of carbonyl (C=O) groups is 2. The van der Waals surface area contributed by atoms with Crippen molar-refractivity contribution in [1.82, 2.24) is 4.90 Å². The lowest BCUT2D eigenvalue weighted by molar-refractivity contribution is -0.384. The summed E-state index contributed by atoms with van der Waals surface area (Å²) in [6, 6.07) is 9.40. The van der Waals surface area contributed by atoms with Crippen molar-refractivity contribution in [3.8, 4) is 5.75 Å². The second-order valence-electron chi connectivity index (χ2n) is 6.28. The molecule has 28 heavy (non-hydrogen) atoms. The van der Waals surface area contributed by atoms with Crippen LogP contribution in [0.5, 0.6) is 5.75 Å². The molecule has 1 N–H and O–H groups in total. The number of nitro benzene ring substituents is 1. The van der Waals surface area contributed by atoms with Crippen molar-refractivity contribution in [2.45, 2.75) is 13.8 Å². The molecule has 0 aromatic heterocycles. The van der Waals surface area contributed by atoms with E-state index in [9.17, 15) is 19.7 Å². The van der Waals surface area contributed by atoms with E-state index < -0.39 is 10.8 Å². The van der Waals surface area contributed by atoms with Crippen LogP contribution in [-0.2, 0) is 9.59 Å². The number of aryl methyl sites for hydroxylation is 2. The first-order valence-electron chi connectivity index (χ1n) is 8.35. The summed E-state index contributed by atoms with van der Waals surface area (Å²) in [5, 5.41) is 13.5. The number of nitro groups is 1. The van der Waals surface area contributed by atoms with E-state index in [0.717, 1.165) is 17.2 Å². The molecule has 0 aliphatic carbocycles. The monoisotopic (exact) mass is 405 g/mol. The van der Waals surface area contributed by atoms with Crippen LogP contribution in [-0.4, -0.2) is 41.8 Å². The van der Waals surface area contributed by atoms with Crippen LogP contribution in [0.2, 0.25) is 5.02 Å². The van der Waals surface area contributed by atoms with Gasteiger partial charge in [0, 0.05) is 24.9 Å². The molecule has 8 nitrogen and oxygen atoms in total. The van der Waals surface area contributed by atoms with Crippen LogP contribution < -0.4 is 10.1 Å². The van der Waals surface area contributed by atoms with Gasteiger partial charge >= 0.3 is 0 Å². The van der Waals surface area contributed by atoms with Crippen LogP contribution in [0.3, 0.4) is 0 Å². The minimum atomic E-state index is -0.580. The highest BCUT2D eigenvalue weighted by Gasteiger charge is 2.16. The van der Waals surface area contributed by atoms with Crippen LogP contribution >= 0.6 is 11.6 Å². The van der Waals surface area contributed by atoms with Gasteiger partial charge < -0.3 is 15.0 Å². The van der Waals surface area contributed by atoms with Gasteiger partial charge in [0.05, 0.1) is 16.5 Å².